The quantitative estimate of drug-likeness (QED) is 0.731. The van der Waals surface area contributed by atoms with Crippen molar-refractivity contribution in [3.63, 3.8) is 0 Å². The SMILES string of the molecule is C=C[C@H]1OC(c2ccccc2)=Nc2cc(Br)ccc21. The van der Waals surface area contributed by atoms with Crippen molar-refractivity contribution >= 4 is 27.5 Å². The van der Waals surface area contributed by atoms with E-state index in [0.717, 1.165) is 21.3 Å². The van der Waals surface area contributed by atoms with E-state index in [1.54, 1.807) is 6.08 Å². The molecule has 2 aromatic carbocycles. The van der Waals surface area contributed by atoms with Gasteiger partial charge in [-0.15, -0.1) is 0 Å². The molecule has 0 radical (unpaired) electrons. The van der Waals surface area contributed by atoms with Gasteiger partial charge in [0.25, 0.3) is 0 Å². The molecule has 0 aromatic heterocycles. The summed E-state index contributed by atoms with van der Waals surface area (Å²) in [4.78, 5) is 4.59. The fraction of sp³-hybridized carbons (Fsp3) is 0.0625. The molecule has 0 fully saturated rings. The third kappa shape index (κ3) is 2.34. The van der Waals surface area contributed by atoms with Crippen LogP contribution in [0.25, 0.3) is 0 Å². The number of ether oxygens (including phenoxy) is 1. The number of fused-ring (bicyclic) bond motifs is 1. The maximum absolute atomic E-state index is 5.90. The van der Waals surface area contributed by atoms with Gasteiger partial charge in [-0.1, -0.05) is 46.8 Å². The highest BCUT2D eigenvalue weighted by Crippen LogP contribution is 2.36. The molecule has 0 N–H and O–H groups in total. The maximum Gasteiger partial charge on any atom is 0.222 e. The summed E-state index contributed by atoms with van der Waals surface area (Å²) in [6.07, 6.45) is 1.64. The summed E-state index contributed by atoms with van der Waals surface area (Å²) >= 11 is 3.47. The third-order valence-corrected chi connectivity index (χ3v) is 3.49. The van der Waals surface area contributed by atoms with Gasteiger partial charge in [0.1, 0.15) is 6.10 Å². The molecule has 1 aliphatic rings. The van der Waals surface area contributed by atoms with Gasteiger partial charge < -0.3 is 4.74 Å². The van der Waals surface area contributed by atoms with Gasteiger partial charge in [0.2, 0.25) is 5.90 Å². The molecule has 0 unspecified atom stereocenters. The summed E-state index contributed by atoms with van der Waals surface area (Å²) in [7, 11) is 0. The van der Waals surface area contributed by atoms with E-state index in [4.69, 9.17) is 4.74 Å². The Morgan fingerprint density at radius 2 is 1.95 bits per heavy atom. The number of aliphatic imine (C=N–C) groups is 1. The van der Waals surface area contributed by atoms with Crippen molar-refractivity contribution in [1.82, 2.24) is 0 Å². The first-order valence-corrected chi connectivity index (χ1v) is 6.80. The minimum Gasteiger partial charge on any atom is -0.465 e. The second-order valence-electron chi connectivity index (χ2n) is 4.26. The lowest BCUT2D eigenvalue weighted by Gasteiger charge is -2.24. The monoisotopic (exact) mass is 313 g/mol. The van der Waals surface area contributed by atoms with Crippen molar-refractivity contribution in [2.45, 2.75) is 6.10 Å². The van der Waals surface area contributed by atoms with Crippen LogP contribution in [-0.4, -0.2) is 5.90 Å². The van der Waals surface area contributed by atoms with Crippen molar-refractivity contribution < 1.29 is 4.74 Å². The normalized spacial score (nSPS) is 17.1. The molecular weight excluding hydrogens is 302 g/mol. The molecule has 19 heavy (non-hydrogen) atoms. The molecule has 3 rings (SSSR count). The molecule has 1 aliphatic heterocycles. The first-order chi connectivity index (χ1) is 9.28. The van der Waals surface area contributed by atoms with Crippen LogP contribution in [0.5, 0.6) is 0 Å². The average molecular weight is 314 g/mol. The maximum atomic E-state index is 5.90. The average Bonchev–Trinajstić information content (AvgIpc) is 2.46. The first kappa shape index (κ1) is 12.2. The van der Waals surface area contributed by atoms with Gasteiger partial charge in [0.05, 0.1) is 5.69 Å². The van der Waals surface area contributed by atoms with E-state index in [9.17, 15) is 0 Å². The summed E-state index contributed by atoms with van der Waals surface area (Å²) in [5.74, 6) is 0.635. The molecule has 0 amide bonds. The van der Waals surface area contributed by atoms with Crippen LogP contribution in [-0.2, 0) is 4.74 Å². The molecule has 0 saturated heterocycles. The molecule has 94 valence electrons. The minimum atomic E-state index is -0.157. The van der Waals surface area contributed by atoms with Gasteiger partial charge in [-0.05, 0) is 30.3 Å². The van der Waals surface area contributed by atoms with E-state index in [2.05, 4.69) is 27.5 Å². The van der Waals surface area contributed by atoms with Gasteiger partial charge in [-0.25, -0.2) is 4.99 Å². The van der Waals surface area contributed by atoms with Crippen LogP contribution in [0.15, 0.2) is 70.7 Å². The van der Waals surface area contributed by atoms with E-state index in [-0.39, 0.29) is 6.10 Å². The second-order valence-corrected chi connectivity index (χ2v) is 5.18. The van der Waals surface area contributed by atoms with Gasteiger partial charge >= 0.3 is 0 Å². The third-order valence-electron chi connectivity index (χ3n) is 2.99. The first-order valence-electron chi connectivity index (χ1n) is 6.00. The summed E-state index contributed by atoms with van der Waals surface area (Å²) in [6, 6.07) is 15.9. The zero-order chi connectivity index (χ0) is 13.2. The van der Waals surface area contributed by atoms with E-state index in [0.29, 0.717) is 5.90 Å². The Hall–Kier alpha value is -1.87. The Morgan fingerprint density at radius 3 is 2.68 bits per heavy atom. The topological polar surface area (TPSA) is 21.6 Å². The zero-order valence-corrected chi connectivity index (χ0v) is 11.8. The van der Waals surface area contributed by atoms with Crippen molar-refractivity contribution in [2.24, 2.45) is 4.99 Å². The molecule has 0 aliphatic carbocycles. The van der Waals surface area contributed by atoms with E-state index in [1.807, 2.05) is 48.5 Å². The van der Waals surface area contributed by atoms with E-state index in [1.165, 1.54) is 0 Å². The second kappa shape index (κ2) is 5.02. The lowest BCUT2D eigenvalue weighted by atomic mass is 10.1. The standard InChI is InChI=1S/C16H12BrNO/c1-2-15-13-9-8-12(17)10-14(13)18-16(19-15)11-6-4-3-5-7-11/h2-10,15H,1H2/t15-/m1/s1. The fourth-order valence-electron chi connectivity index (χ4n) is 2.06. The van der Waals surface area contributed by atoms with Crippen LogP contribution in [0.3, 0.4) is 0 Å². The molecule has 0 spiro atoms. The Balaban J connectivity index is 2.12. The van der Waals surface area contributed by atoms with Crippen LogP contribution < -0.4 is 0 Å². The number of benzene rings is 2. The molecule has 1 heterocycles. The number of hydrogen-bond donors (Lipinski definition) is 0. The van der Waals surface area contributed by atoms with Gasteiger partial charge in [0, 0.05) is 15.6 Å². The van der Waals surface area contributed by atoms with Crippen LogP contribution in [0.2, 0.25) is 0 Å². The van der Waals surface area contributed by atoms with Crippen molar-refractivity contribution in [3.05, 3.63) is 76.8 Å². The number of hydrogen-bond acceptors (Lipinski definition) is 2. The van der Waals surface area contributed by atoms with Gasteiger partial charge in [-0.3, -0.25) is 0 Å². The van der Waals surface area contributed by atoms with Crippen molar-refractivity contribution in [2.75, 3.05) is 0 Å². The molecule has 1 atom stereocenters. The highest BCUT2D eigenvalue weighted by molar-refractivity contribution is 9.10. The minimum absolute atomic E-state index is 0.157. The Bertz CT molecular complexity index is 649. The Kier molecular flexibility index (Phi) is 3.22. The van der Waals surface area contributed by atoms with Crippen LogP contribution in [0, 0.1) is 0 Å². The summed E-state index contributed by atoms with van der Waals surface area (Å²) in [5.41, 5.74) is 2.93. The van der Waals surface area contributed by atoms with E-state index < -0.39 is 0 Å². The Labute approximate surface area is 120 Å². The van der Waals surface area contributed by atoms with Gasteiger partial charge in [0.15, 0.2) is 0 Å². The molecule has 2 nitrogen and oxygen atoms in total. The van der Waals surface area contributed by atoms with Crippen LogP contribution in [0.4, 0.5) is 5.69 Å². The largest absolute Gasteiger partial charge is 0.465 e. The van der Waals surface area contributed by atoms with Crippen molar-refractivity contribution in [1.29, 1.82) is 0 Å². The molecular formula is C16H12BrNO. The summed E-state index contributed by atoms with van der Waals surface area (Å²) < 4.78 is 6.91. The summed E-state index contributed by atoms with van der Waals surface area (Å²) in [5, 5.41) is 0. The molecule has 3 heteroatoms. The molecule has 0 bridgehead atoms. The molecule has 0 saturated carbocycles. The molecule has 2 aromatic rings. The summed E-state index contributed by atoms with van der Waals surface area (Å²) in [6.45, 7) is 3.84. The predicted molar refractivity (Wildman–Crippen MR) is 80.8 cm³/mol. The highest BCUT2D eigenvalue weighted by atomic mass is 79.9. The smallest absolute Gasteiger partial charge is 0.222 e. The Morgan fingerprint density at radius 1 is 1.16 bits per heavy atom. The van der Waals surface area contributed by atoms with Gasteiger partial charge in [-0.2, -0.15) is 0 Å². The zero-order valence-electron chi connectivity index (χ0n) is 10.2. The number of halogens is 1. The number of rotatable bonds is 2. The fourth-order valence-corrected chi connectivity index (χ4v) is 2.41. The van der Waals surface area contributed by atoms with E-state index >= 15 is 0 Å². The van der Waals surface area contributed by atoms with Crippen LogP contribution in [0.1, 0.15) is 17.2 Å². The lowest BCUT2D eigenvalue weighted by Crippen LogP contribution is -2.15. The number of nitrogens with zero attached hydrogens (tertiary/aromatic N) is 1. The lowest BCUT2D eigenvalue weighted by molar-refractivity contribution is 0.238. The van der Waals surface area contributed by atoms with Crippen LogP contribution >= 0.6 is 15.9 Å². The predicted octanol–water partition coefficient (Wildman–Crippen LogP) is 4.78. The van der Waals surface area contributed by atoms with Crippen molar-refractivity contribution in [3.8, 4) is 0 Å². The highest BCUT2D eigenvalue weighted by Gasteiger charge is 2.22.